The number of pyridine rings is 1. The molecular formula is C11H17N3O. The topological polar surface area (TPSA) is 45.2 Å². The van der Waals surface area contributed by atoms with Gasteiger partial charge in [-0.05, 0) is 19.1 Å². The van der Waals surface area contributed by atoms with Crippen LogP contribution in [0.4, 0.5) is 0 Å². The quantitative estimate of drug-likeness (QED) is 0.795. The van der Waals surface area contributed by atoms with Crippen LogP contribution in [-0.4, -0.2) is 36.4 Å². The fraction of sp³-hybridized carbons (Fsp3) is 0.455. The minimum absolute atomic E-state index is 0.0674. The lowest BCUT2D eigenvalue weighted by molar-refractivity contribution is -0.127. The van der Waals surface area contributed by atoms with Crippen LogP contribution in [0.2, 0.25) is 0 Å². The van der Waals surface area contributed by atoms with Crippen LogP contribution in [0, 0.1) is 0 Å². The van der Waals surface area contributed by atoms with Crippen molar-refractivity contribution in [1.29, 1.82) is 0 Å². The molecule has 0 fully saturated rings. The van der Waals surface area contributed by atoms with Crippen LogP contribution >= 0.6 is 0 Å². The molecule has 1 heterocycles. The Labute approximate surface area is 90.3 Å². The van der Waals surface area contributed by atoms with Gasteiger partial charge in [-0.25, -0.2) is 0 Å². The number of aromatic nitrogens is 1. The van der Waals surface area contributed by atoms with E-state index in [1.807, 2.05) is 25.1 Å². The molecule has 15 heavy (non-hydrogen) atoms. The summed E-state index contributed by atoms with van der Waals surface area (Å²) in [7, 11) is 3.49. The summed E-state index contributed by atoms with van der Waals surface area (Å²) in [5.74, 6) is 0.0674. The Kier molecular flexibility index (Phi) is 4.24. The summed E-state index contributed by atoms with van der Waals surface area (Å²) in [6.45, 7) is 2.33. The van der Waals surface area contributed by atoms with Crippen molar-refractivity contribution < 1.29 is 4.79 Å². The Morgan fingerprint density at radius 3 is 2.80 bits per heavy atom. The molecule has 4 heteroatoms. The van der Waals surface area contributed by atoms with Gasteiger partial charge in [-0.15, -0.1) is 0 Å². The number of likely N-dealkylation sites (N-methyl/N-ethyl adjacent to an activating group) is 1. The third kappa shape index (κ3) is 3.67. The van der Waals surface area contributed by atoms with Crippen molar-refractivity contribution in [3.63, 3.8) is 0 Å². The van der Waals surface area contributed by atoms with E-state index in [1.165, 1.54) is 0 Å². The van der Waals surface area contributed by atoms with Gasteiger partial charge in [0.25, 0.3) is 0 Å². The van der Waals surface area contributed by atoms with E-state index in [9.17, 15) is 4.79 Å². The van der Waals surface area contributed by atoms with Crippen molar-refractivity contribution in [2.45, 2.75) is 13.0 Å². The molecule has 1 aromatic rings. The van der Waals surface area contributed by atoms with E-state index in [-0.39, 0.29) is 11.9 Å². The SMILES string of the molecule is C[C@H](NCC(=O)N(C)C)c1ccccn1. The van der Waals surface area contributed by atoms with E-state index in [4.69, 9.17) is 0 Å². The second-order valence-electron chi connectivity index (χ2n) is 3.65. The van der Waals surface area contributed by atoms with Crippen LogP contribution in [0.15, 0.2) is 24.4 Å². The highest BCUT2D eigenvalue weighted by molar-refractivity contribution is 5.77. The zero-order valence-corrected chi connectivity index (χ0v) is 9.40. The predicted molar refractivity (Wildman–Crippen MR) is 59.3 cm³/mol. The smallest absolute Gasteiger partial charge is 0.236 e. The maximum Gasteiger partial charge on any atom is 0.236 e. The van der Waals surface area contributed by atoms with Crippen LogP contribution in [0.25, 0.3) is 0 Å². The summed E-state index contributed by atoms with van der Waals surface area (Å²) >= 11 is 0. The fourth-order valence-corrected chi connectivity index (χ4v) is 1.14. The molecule has 1 aromatic heterocycles. The van der Waals surface area contributed by atoms with Gasteiger partial charge in [-0.2, -0.15) is 0 Å². The van der Waals surface area contributed by atoms with Crippen LogP contribution in [0.5, 0.6) is 0 Å². The van der Waals surface area contributed by atoms with Gasteiger partial charge >= 0.3 is 0 Å². The average Bonchev–Trinajstić information content (AvgIpc) is 2.26. The van der Waals surface area contributed by atoms with E-state index in [0.29, 0.717) is 6.54 Å². The molecule has 1 rings (SSSR count). The monoisotopic (exact) mass is 207 g/mol. The molecule has 1 atom stereocenters. The number of hydrogen-bond donors (Lipinski definition) is 1. The third-order valence-electron chi connectivity index (χ3n) is 2.19. The van der Waals surface area contributed by atoms with Crippen LogP contribution in [0.1, 0.15) is 18.7 Å². The first-order valence-electron chi connectivity index (χ1n) is 4.95. The Balaban J connectivity index is 2.44. The third-order valence-corrected chi connectivity index (χ3v) is 2.19. The van der Waals surface area contributed by atoms with Gasteiger partial charge in [-0.3, -0.25) is 9.78 Å². The molecule has 0 bridgehead atoms. The summed E-state index contributed by atoms with van der Waals surface area (Å²) in [6, 6.07) is 5.85. The molecular weight excluding hydrogens is 190 g/mol. The zero-order valence-electron chi connectivity index (χ0n) is 9.40. The molecule has 0 radical (unpaired) electrons. The number of amides is 1. The maximum atomic E-state index is 11.3. The lowest BCUT2D eigenvalue weighted by atomic mass is 10.2. The molecule has 0 saturated heterocycles. The first-order valence-corrected chi connectivity index (χ1v) is 4.95. The highest BCUT2D eigenvalue weighted by Gasteiger charge is 2.08. The minimum Gasteiger partial charge on any atom is -0.348 e. The fourth-order valence-electron chi connectivity index (χ4n) is 1.14. The van der Waals surface area contributed by atoms with Crippen molar-refractivity contribution >= 4 is 5.91 Å². The van der Waals surface area contributed by atoms with Crippen molar-refractivity contribution in [2.75, 3.05) is 20.6 Å². The van der Waals surface area contributed by atoms with Crippen molar-refractivity contribution in [3.8, 4) is 0 Å². The van der Waals surface area contributed by atoms with Gasteiger partial charge in [0.05, 0.1) is 12.2 Å². The molecule has 1 amide bonds. The highest BCUT2D eigenvalue weighted by atomic mass is 16.2. The largest absolute Gasteiger partial charge is 0.348 e. The van der Waals surface area contributed by atoms with Gasteiger partial charge in [0.1, 0.15) is 0 Å². The Morgan fingerprint density at radius 1 is 1.53 bits per heavy atom. The number of nitrogens with one attached hydrogen (secondary N) is 1. The Morgan fingerprint density at radius 2 is 2.27 bits per heavy atom. The summed E-state index contributed by atoms with van der Waals surface area (Å²) in [5.41, 5.74) is 0.948. The molecule has 0 aliphatic carbocycles. The van der Waals surface area contributed by atoms with E-state index < -0.39 is 0 Å². The van der Waals surface area contributed by atoms with Crippen molar-refractivity contribution in [2.24, 2.45) is 0 Å². The van der Waals surface area contributed by atoms with Crippen LogP contribution in [0.3, 0.4) is 0 Å². The molecule has 0 saturated carbocycles. The molecule has 0 aromatic carbocycles. The Bertz CT molecular complexity index is 311. The number of nitrogens with zero attached hydrogens (tertiary/aromatic N) is 2. The molecule has 4 nitrogen and oxygen atoms in total. The van der Waals surface area contributed by atoms with E-state index >= 15 is 0 Å². The second kappa shape index (κ2) is 5.46. The molecule has 0 unspecified atom stereocenters. The van der Waals surface area contributed by atoms with Crippen molar-refractivity contribution in [3.05, 3.63) is 30.1 Å². The molecule has 1 N–H and O–H groups in total. The van der Waals surface area contributed by atoms with Gasteiger partial charge < -0.3 is 10.2 Å². The highest BCUT2D eigenvalue weighted by Crippen LogP contribution is 2.06. The first kappa shape index (κ1) is 11.7. The zero-order chi connectivity index (χ0) is 11.3. The lowest BCUT2D eigenvalue weighted by Crippen LogP contribution is -2.34. The summed E-state index contributed by atoms with van der Waals surface area (Å²) in [6.07, 6.45) is 1.75. The van der Waals surface area contributed by atoms with Gasteiger partial charge in [-0.1, -0.05) is 6.07 Å². The molecule has 0 aliphatic heterocycles. The van der Waals surface area contributed by atoms with Gasteiger partial charge in [0.2, 0.25) is 5.91 Å². The number of rotatable bonds is 4. The van der Waals surface area contributed by atoms with E-state index in [0.717, 1.165) is 5.69 Å². The molecule has 82 valence electrons. The number of carbonyl (C=O) groups is 1. The average molecular weight is 207 g/mol. The van der Waals surface area contributed by atoms with Crippen LogP contribution in [-0.2, 0) is 4.79 Å². The van der Waals surface area contributed by atoms with Crippen LogP contribution < -0.4 is 5.32 Å². The Hall–Kier alpha value is -1.42. The molecule has 0 aliphatic rings. The number of carbonyl (C=O) groups excluding carboxylic acids is 1. The predicted octanol–water partition coefficient (Wildman–Crippen LogP) is 0.820. The van der Waals surface area contributed by atoms with Gasteiger partial charge in [0.15, 0.2) is 0 Å². The second-order valence-corrected chi connectivity index (χ2v) is 3.65. The minimum atomic E-state index is 0.0674. The molecule has 0 spiro atoms. The maximum absolute atomic E-state index is 11.3. The normalized spacial score (nSPS) is 12.2. The van der Waals surface area contributed by atoms with Gasteiger partial charge in [0, 0.05) is 26.3 Å². The van der Waals surface area contributed by atoms with E-state index in [2.05, 4.69) is 10.3 Å². The summed E-state index contributed by atoms with van der Waals surface area (Å²) in [4.78, 5) is 17.1. The number of hydrogen-bond acceptors (Lipinski definition) is 3. The standard InChI is InChI=1S/C11H17N3O/c1-9(10-6-4-5-7-12-10)13-8-11(15)14(2)3/h4-7,9,13H,8H2,1-3H3/t9-/m0/s1. The lowest BCUT2D eigenvalue weighted by Gasteiger charge is -2.15. The first-order chi connectivity index (χ1) is 7.11. The summed E-state index contributed by atoms with van der Waals surface area (Å²) < 4.78 is 0. The summed E-state index contributed by atoms with van der Waals surface area (Å²) in [5, 5.41) is 3.13. The van der Waals surface area contributed by atoms with Crippen molar-refractivity contribution in [1.82, 2.24) is 15.2 Å². The van der Waals surface area contributed by atoms with E-state index in [1.54, 1.807) is 25.2 Å².